The minimum Gasteiger partial charge on any atom is -0.493 e. The average molecular weight is 440 g/mol. The zero-order chi connectivity index (χ0) is 17.6. The van der Waals surface area contributed by atoms with Gasteiger partial charge in [0, 0.05) is 38.7 Å². The molecule has 0 saturated carbocycles. The highest BCUT2D eigenvalue weighted by molar-refractivity contribution is 9.10. The number of hydrogen-bond acceptors (Lipinski definition) is 5. The second kappa shape index (κ2) is 8.56. The third-order valence-corrected chi connectivity index (χ3v) is 5.41. The van der Waals surface area contributed by atoms with Gasteiger partial charge in [-0.1, -0.05) is 45.7 Å². The molecule has 0 radical (unpaired) electrons. The molecule has 4 nitrogen and oxygen atoms in total. The van der Waals surface area contributed by atoms with Gasteiger partial charge in [-0.05, 0) is 18.2 Å². The number of anilines is 1. The fourth-order valence-corrected chi connectivity index (χ4v) is 3.48. The number of ether oxygens (including phenoxy) is 2. The van der Waals surface area contributed by atoms with Crippen LogP contribution < -0.4 is 14.8 Å². The number of aromatic nitrogens is 1. The molecule has 1 N–H and O–H groups in total. The highest BCUT2D eigenvalue weighted by Crippen LogP contribution is 2.37. The average Bonchev–Trinajstić information content (AvgIpc) is 3.14. The lowest BCUT2D eigenvalue weighted by molar-refractivity contribution is 0.281. The van der Waals surface area contributed by atoms with Crippen LogP contribution in [0, 0.1) is 0 Å². The Hall–Kier alpha value is -1.76. The summed E-state index contributed by atoms with van der Waals surface area (Å²) in [5.74, 6) is 1.35. The number of nitrogens with one attached hydrogen (secondary N) is 1. The molecule has 1 aromatic heterocycles. The summed E-state index contributed by atoms with van der Waals surface area (Å²) in [6.07, 6.45) is 1.77. The molecule has 0 aliphatic carbocycles. The van der Waals surface area contributed by atoms with Crippen LogP contribution in [0.4, 0.5) is 5.13 Å². The predicted molar refractivity (Wildman–Crippen MR) is 106 cm³/mol. The van der Waals surface area contributed by atoms with Crippen molar-refractivity contribution in [3.05, 3.63) is 68.6 Å². The third-order valence-electron chi connectivity index (χ3n) is 3.57. The third kappa shape index (κ3) is 4.45. The Morgan fingerprint density at radius 1 is 1.24 bits per heavy atom. The van der Waals surface area contributed by atoms with Crippen molar-refractivity contribution in [3.8, 4) is 11.5 Å². The lowest BCUT2D eigenvalue weighted by atomic mass is 10.1. The number of thiazole rings is 1. The highest BCUT2D eigenvalue weighted by Gasteiger charge is 2.15. The summed E-state index contributed by atoms with van der Waals surface area (Å²) in [6.45, 7) is 0.917. The van der Waals surface area contributed by atoms with Crippen LogP contribution in [0.2, 0.25) is 5.02 Å². The summed E-state index contributed by atoms with van der Waals surface area (Å²) < 4.78 is 12.5. The summed E-state index contributed by atoms with van der Waals surface area (Å²) in [6, 6.07) is 11.4. The molecule has 7 heteroatoms. The molecule has 0 atom stereocenters. The van der Waals surface area contributed by atoms with Crippen LogP contribution >= 0.6 is 38.9 Å². The van der Waals surface area contributed by atoms with E-state index in [0.717, 1.165) is 20.7 Å². The first-order chi connectivity index (χ1) is 12.2. The first-order valence-corrected chi connectivity index (χ1v) is 9.59. The lowest BCUT2D eigenvalue weighted by Gasteiger charge is -2.17. The molecule has 130 valence electrons. The molecule has 1 heterocycles. The van der Waals surface area contributed by atoms with Gasteiger partial charge in [-0.2, -0.15) is 0 Å². The van der Waals surface area contributed by atoms with E-state index in [4.69, 9.17) is 21.1 Å². The number of hydrogen-bond donors (Lipinski definition) is 1. The van der Waals surface area contributed by atoms with Crippen molar-refractivity contribution in [1.82, 2.24) is 4.98 Å². The van der Waals surface area contributed by atoms with Gasteiger partial charge < -0.3 is 14.8 Å². The summed E-state index contributed by atoms with van der Waals surface area (Å²) >= 11 is 11.4. The van der Waals surface area contributed by atoms with E-state index in [1.807, 2.05) is 41.8 Å². The number of methoxy groups -OCH3 is 1. The molecule has 0 bridgehead atoms. The van der Waals surface area contributed by atoms with Crippen LogP contribution in [0.15, 0.2) is 52.4 Å². The van der Waals surface area contributed by atoms with Gasteiger partial charge in [-0.15, -0.1) is 11.3 Å². The van der Waals surface area contributed by atoms with Crippen LogP contribution in [0.25, 0.3) is 0 Å². The highest BCUT2D eigenvalue weighted by atomic mass is 79.9. The normalized spacial score (nSPS) is 10.5. The van der Waals surface area contributed by atoms with Crippen LogP contribution in [0.1, 0.15) is 11.1 Å². The molecular formula is C18H16BrClN2O2S. The van der Waals surface area contributed by atoms with Crippen LogP contribution in [-0.4, -0.2) is 12.1 Å². The quantitative estimate of drug-likeness (QED) is 0.508. The van der Waals surface area contributed by atoms with E-state index >= 15 is 0 Å². The molecule has 0 amide bonds. The van der Waals surface area contributed by atoms with Crippen molar-refractivity contribution in [2.45, 2.75) is 13.2 Å². The Balaban J connectivity index is 1.84. The number of rotatable bonds is 7. The van der Waals surface area contributed by atoms with Gasteiger partial charge in [-0.25, -0.2) is 4.98 Å². The topological polar surface area (TPSA) is 43.4 Å². The number of nitrogens with zero attached hydrogens (tertiary/aromatic N) is 1. The van der Waals surface area contributed by atoms with E-state index in [9.17, 15) is 0 Å². The second-order valence-corrected chi connectivity index (χ2v) is 7.28. The van der Waals surface area contributed by atoms with E-state index in [1.54, 1.807) is 24.6 Å². The van der Waals surface area contributed by atoms with Gasteiger partial charge in [0.05, 0.1) is 7.11 Å². The summed E-state index contributed by atoms with van der Waals surface area (Å²) in [5, 5.41) is 6.76. The maximum Gasteiger partial charge on any atom is 0.182 e. The molecule has 0 unspecified atom stereocenters. The zero-order valence-electron chi connectivity index (χ0n) is 13.5. The molecule has 0 aliphatic rings. The molecule has 3 aromatic rings. The van der Waals surface area contributed by atoms with Crippen molar-refractivity contribution in [2.24, 2.45) is 0 Å². The van der Waals surface area contributed by atoms with Gasteiger partial charge in [0.15, 0.2) is 16.6 Å². The Bertz CT molecular complexity index is 843. The molecule has 0 saturated heterocycles. The minimum atomic E-state index is 0.358. The van der Waals surface area contributed by atoms with Crippen molar-refractivity contribution >= 4 is 44.0 Å². The maximum atomic E-state index is 6.22. The molecule has 25 heavy (non-hydrogen) atoms. The van der Waals surface area contributed by atoms with Gasteiger partial charge >= 0.3 is 0 Å². The van der Waals surface area contributed by atoms with E-state index in [1.165, 1.54) is 0 Å². The number of benzene rings is 2. The van der Waals surface area contributed by atoms with Crippen LogP contribution in [0.5, 0.6) is 11.5 Å². The van der Waals surface area contributed by atoms with Gasteiger partial charge in [0.25, 0.3) is 0 Å². The van der Waals surface area contributed by atoms with Crippen molar-refractivity contribution in [1.29, 1.82) is 0 Å². The zero-order valence-corrected chi connectivity index (χ0v) is 16.6. The molecule has 0 spiro atoms. The van der Waals surface area contributed by atoms with Crippen LogP contribution in [-0.2, 0) is 13.2 Å². The number of halogens is 2. The lowest BCUT2D eigenvalue weighted by Crippen LogP contribution is -2.06. The smallest absolute Gasteiger partial charge is 0.182 e. The van der Waals surface area contributed by atoms with E-state index in [2.05, 4.69) is 26.2 Å². The Morgan fingerprint density at radius 2 is 2.08 bits per heavy atom. The second-order valence-electron chi connectivity index (χ2n) is 5.13. The van der Waals surface area contributed by atoms with E-state index in [0.29, 0.717) is 29.7 Å². The molecular weight excluding hydrogens is 424 g/mol. The summed E-state index contributed by atoms with van der Waals surface area (Å²) in [4.78, 5) is 4.24. The van der Waals surface area contributed by atoms with E-state index < -0.39 is 0 Å². The fraction of sp³-hybridized carbons (Fsp3) is 0.167. The van der Waals surface area contributed by atoms with Crippen LogP contribution in [0.3, 0.4) is 0 Å². The van der Waals surface area contributed by atoms with Crippen molar-refractivity contribution in [2.75, 3.05) is 12.4 Å². The van der Waals surface area contributed by atoms with Gasteiger partial charge in [0.2, 0.25) is 0 Å². The summed E-state index contributed by atoms with van der Waals surface area (Å²) in [5.41, 5.74) is 1.88. The Morgan fingerprint density at radius 3 is 2.80 bits per heavy atom. The fourth-order valence-electron chi connectivity index (χ4n) is 2.31. The van der Waals surface area contributed by atoms with Crippen molar-refractivity contribution in [3.63, 3.8) is 0 Å². The molecule has 2 aromatic carbocycles. The minimum absolute atomic E-state index is 0.358. The first kappa shape index (κ1) is 18.0. The molecule has 3 rings (SSSR count). The molecule has 0 aliphatic heterocycles. The van der Waals surface area contributed by atoms with Crippen molar-refractivity contribution < 1.29 is 9.47 Å². The molecule has 0 fully saturated rings. The monoisotopic (exact) mass is 438 g/mol. The van der Waals surface area contributed by atoms with E-state index in [-0.39, 0.29) is 0 Å². The predicted octanol–water partition coefficient (Wildman–Crippen LogP) is 5.76. The maximum absolute atomic E-state index is 6.22. The first-order valence-electron chi connectivity index (χ1n) is 7.54. The summed E-state index contributed by atoms with van der Waals surface area (Å²) in [7, 11) is 1.63. The Labute approximate surface area is 163 Å². The Kier molecular flexibility index (Phi) is 6.18. The van der Waals surface area contributed by atoms with Gasteiger partial charge in [0.1, 0.15) is 6.61 Å². The van der Waals surface area contributed by atoms with Gasteiger partial charge in [-0.3, -0.25) is 0 Å². The largest absolute Gasteiger partial charge is 0.493 e. The standard InChI is InChI=1S/C18H16BrClN2O2S/c1-23-16-7-6-14(19)13(10-22-18-21-8-9-25-18)17(16)24-11-12-4-2-3-5-15(12)20/h2-9H,10-11H2,1H3,(H,21,22). The SMILES string of the molecule is COc1ccc(Br)c(CNc2nccs2)c1OCc1ccccc1Cl.